The third-order valence-corrected chi connectivity index (χ3v) is 6.19. The Labute approximate surface area is 172 Å². The minimum absolute atomic E-state index is 0.0508. The largest absolute Gasteiger partial charge is 0.338 e. The van der Waals surface area contributed by atoms with Gasteiger partial charge in [-0.1, -0.05) is 31.8 Å². The number of pyridine rings is 1. The van der Waals surface area contributed by atoms with E-state index < -0.39 is 0 Å². The van der Waals surface area contributed by atoms with Gasteiger partial charge < -0.3 is 14.7 Å². The van der Waals surface area contributed by atoms with Gasteiger partial charge in [-0.15, -0.1) is 0 Å². The first-order valence-corrected chi connectivity index (χ1v) is 10.8. The number of rotatable bonds is 7. The molecule has 1 N–H and O–H groups in total. The highest BCUT2D eigenvalue weighted by atomic mass is 16.5. The van der Waals surface area contributed by atoms with E-state index in [9.17, 15) is 4.79 Å². The Morgan fingerprint density at radius 1 is 1.34 bits per heavy atom. The van der Waals surface area contributed by atoms with Crippen molar-refractivity contribution in [3.8, 4) is 11.5 Å². The van der Waals surface area contributed by atoms with Crippen LogP contribution in [0.1, 0.15) is 58.2 Å². The van der Waals surface area contributed by atoms with E-state index in [0.29, 0.717) is 11.8 Å². The Hall–Kier alpha value is -2.44. The highest BCUT2D eigenvalue weighted by Crippen LogP contribution is 2.46. The van der Waals surface area contributed by atoms with Crippen LogP contribution in [0.5, 0.6) is 0 Å². The zero-order valence-electron chi connectivity index (χ0n) is 17.4. The van der Waals surface area contributed by atoms with Gasteiger partial charge in [-0.05, 0) is 49.7 Å². The molecule has 0 unspecified atom stereocenters. The molecular formula is C22H31N5O2. The van der Waals surface area contributed by atoms with Crippen molar-refractivity contribution in [2.75, 3.05) is 19.6 Å². The number of carbonyl (C=O) groups excluding carboxylic acids is 1. The van der Waals surface area contributed by atoms with Gasteiger partial charge in [-0.3, -0.25) is 4.98 Å². The zero-order chi connectivity index (χ0) is 20.3. The minimum Gasteiger partial charge on any atom is -0.338 e. The second-order valence-electron chi connectivity index (χ2n) is 8.99. The maximum absolute atomic E-state index is 12.5. The van der Waals surface area contributed by atoms with Gasteiger partial charge in [0.15, 0.2) is 5.82 Å². The quantitative estimate of drug-likeness (QED) is 0.763. The van der Waals surface area contributed by atoms with Gasteiger partial charge in [0, 0.05) is 37.4 Å². The smallest absolute Gasteiger partial charge is 0.317 e. The van der Waals surface area contributed by atoms with Gasteiger partial charge in [0.25, 0.3) is 5.89 Å². The molecule has 4 rings (SSSR count). The second-order valence-corrected chi connectivity index (χ2v) is 8.99. The Bertz CT molecular complexity index is 808. The third kappa shape index (κ3) is 4.77. The molecule has 2 amide bonds. The molecule has 2 aromatic heterocycles. The molecule has 156 valence electrons. The molecule has 2 aliphatic rings. The highest BCUT2D eigenvalue weighted by Gasteiger charge is 2.44. The molecule has 0 atom stereocenters. The van der Waals surface area contributed by atoms with Gasteiger partial charge >= 0.3 is 6.03 Å². The van der Waals surface area contributed by atoms with Crippen molar-refractivity contribution in [3.05, 3.63) is 30.4 Å². The lowest BCUT2D eigenvalue weighted by atomic mass is 9.73. The van der Waals surface area contributed by atoms with E-state index in [1.165, 1.54) is 12.8 Å². The molecule has 3 heterocycles. The standard InChI is InChI=1S/C22H31N5O2/c1-16(2)7-11-24-21(28)27-12-8-22(9-13-27,14-17-5-6-17)20-25-19(29-26-20)18-4-3-10-23-15-18/h3-4,10,15-17H,5-9,11-14H2,1-2H3,(H,24,28). The molecule has 29 heavy (non-hydrogen) atoms. The average Bonchev–Trinajstić information content (AvgIpc) is 3.39. The van der Waals surface area contributed by atoms with Crippen LogP contribution >= 0.6 is 0 Å². The van der Waals surface area contributed by atoms with E-state index in [1.807, 2.05) is 17.0 Å². The van der Waals surface area contributed by atoms with Crippen molar-refractivity contribution in [2.24, 2.45) is 11.8 Å². The van der Waals surface area contributed by atoms with Crippen LogP contribution in [0, 0.1) is 11.8 Å². The van der Waals surface area contributed by atoms with Crippen LogP contribution in [0.3, 0.4) is 0 Å². The summed E-state index contributed by atoms with van der Waals surface area (Å²) in [6, 6.07) is 3.85. The van der Waals surface area contributed by atoms with Gasteiger partial charge in [0.1, 0.15) is 0 Å². The molecule has 7 nitrogen and oxygen atoms in total. The number of amides is 2. The molecule has 0 aromatic carbocycles. The van der Waals surface area contributed by atoms with Crippen LogP contribution in [-0.4, -0.2) is 45.7 Å². The molecule has 0 radical (unpaired) electrons. The first-order valence-electron chi connectivity index (χ1n) is 10.8. The number of likely N-dealkylation sites (tertiary alicyclic amines) is 1. The van der Waals surface area contributed by atoms with Gasteiger partial charge in [0.05, 0.1) is 5.56 Å². The number of hydrogen-bond acceptors (Lipinski definition) is 5. The number of aromatic nitrogens is 3. The summed E-state index contributed by atoms with van der Waals surface area (Å²) in [5.74, 6) is 2.66. The van der Waals surface area contributed by atoms with Crippen LogP contribution in [0.25, 0.3) is 11.5 Å². The summed E-state index contributed by atoms with van der Waals surface area (Å²) in [5, 5.41) is 7.44. The molecule has 7 heteroatoms. The van der Waals surface area contributed by atoms with E-state index in [1.54, 1.807) is 12.4 Å². The summed E-state index contributed by atoms with van der Waals surface area (Å²) in [6.07, 6.45) is 9.91. The Morgan fingerprint density at radius 2 is 2.14 bits per heavy atom. The fourth-order valence-electron chi connectivity index (χ4n) is 4.16. The summed E-state index contributed by atoms with van der Waals surface area (Å²) in [4.78, 5) is 23.4. The lowest BCUT2D eigenvalue weighted by Crippen LogP contribution is -2.49. The number of nitrogens with zero attached hydrogens (tertiary/aromatic N) is 4. The SMILES string of the molecule is CC(C)CCNC(=O)N1CCC(CC2CC2)(c2noc(-c3cccnc3)n2)CC1. The van der Waals surface area contributed by atoms with E-state index >= 15 is 0 Å². The molecule has 1 aliphatic heterocycles. The van der Waals surface area contributed by atoms with E-state index in [4.69, 9.17) is 9.51 Å². The molecule has 0 bridgehead atoms. The molecule has 1 saturated heterocycles. The van der Waals surface area contributed by atoms with Crippen molar-refractivity contribution < 1.29 is 9.32 Å². The number of nitrogens with one attached hydrogen (secondary N) is 1. The Kier molecular flexibility index (Phi) is 5.83. The minimum atomic E-state index is -0.0974. The number of carbonyl (C=O) groups is 1. The molecule has 2 fully saturated rings. The molecule has 2 aromatic rings. The summed E-state index contributed by atoms with van der Waals surface area (Å²) in [6.45, 7) is 6.54. The van der Waals surface area contributed by atoms with E-state index in [0.717, 1.165) is 62.6 Å². The van der Waals surface area contributed by atoms with Crippen molar-refractivity contribution >= 4 is 6.03 Å². The fraction of sp³-hybridized carbons (Fsp3) is 0.636. The second kappa shape index (κ2) is 8.51. The number of piperidine rings is 1. The fourth-order valence-corrected chi connectivity index (χ4v) is 4.16. The summed E-state index contributed by atoms with van der Waals surface area (Å²) < 4.78 is 5.59. The lowest BCUT2D eigenvalue weighted by Gasteiger charge is -2.40. The number of urea groups is 1. The predicted molar refractivity (Wildman–Crippen MR) is 110 cm³/mol. The highest BCUT2D eigenvalue weighted by molar-refractivity contribution is 5.74. The van der Waals surface area contributed by atoms with Crippen LogP contribution < -0.4 is 5.32 Å². The molecular weight excluding hydrogens is 366 g/mol. The predicted octanol–water partition coefficient (Wildman–Crippen LogP) is 4.02. The monoisotopic (exact) mass is 397 g/mol. The topological polar surface area (TPSA) is 84.2 Å². The lowest BCUT2D eigenvalue weighted by molar-refractivity contribution is 0.144. The Morgan fingerprint density at radius 3 is 2.79 bits per heavy atom. The summed E-state index contributed by atoms with van der Waals surface area (Å²) in [5.41, 5.74) is 0.745. The van der Waals surface area contributed by atoms with Crippen molar-refractivity contribution in [1.29, 1.82) is 0 Å². The Balaban J connectivity index is 1.44. The molecule has 1 aliphatic carbocycles. The van der Waals surface area contributed by atoms with Crippen molar-refractivity contribution in [1.82, 2.24) is 25.3 Å². The normalized spacial score (nSPS) is 18.8. The van der Waals surface area contributed by atoms with Crippen LogP contribution in [0.2, 0.25) is 0 Å². The van der Waals surface area contributed by atoms with E-state index in [2.05, 4.69) is 29.3 Å². The molecule has 0 spiro atoms. The van der Waals surface area contributed by atoms with Crippen LogP contribution in [0.4, 0.5) is 4.79 Å². The first kappa shape index (κ1) is 19.9. The zero-order valence-corrected chi connectivity index (χ0v) is 17.4. The maximum atomic E-state index is 12.5. The average molecular weight is 398 g/mol. The van der Waals surface area contributed by atoms with Gasteiger partial charge in [0.2, 0.25) is 0 Å². The molecule has 1 saturated carbocycles. The first-order chi connectivity index (χ1) is 14.1. The van der Waals surface area contributed by atoms with Crippen molar-refractivity contribution in [2.45, 2.75) is 57.8 Å². The number of hydrogen-bond donors (Lipinski definition) is 1. The summed E-state index contributed by atoms with van der Waals surface area (Å²) >= 11 is 0. The van der Waals surface area contributed by atoms with Crippen molar-refractivity contribution in [3.63, 3.8) is 0 Å². The summed E-state index contributed by atoms with van der Waals surface area (Å²) in [7, 11) is 0. The maximum Gasteiger partial charge on any atom is 0.317 e. The van der Waals surface area contributed by atoms with Crippen LogP contribution in [0.15, 0.2) is 29.0 Å². The van der Waals surface area contributed by atoms with E-state index in [-0.39, 0.29) is 11.4 Å². The van der Waals surface area contributed by atoms with Gasteiger partial charge in [-0.2, -0.15) is 4.98 Å². The van der Waals surface area contributed by atoms with Crippen LogP contribution in [-0.2, 0) is 5.41 Å². The third-order valence-electron chi connectivity index (χ3n) is 6.19. The van der Waals surface area contributed by atoms with Gasteiger partial charge in [-0.25, -0.2) is 4.79 Å².